The summed E-state index contributed by atoms with van der Waals surface area (Å²) < 4.78 is 5.14. The molecule has 0 bridgehead atoms. The summed E-state index contributed by atoms with van der Waals surface area (Å²) in [6.07, 6.45) is 1.25. The van der Waals surface area contributed by atoms with Gasteiger partial charge in [0.2, 0.25) is 0 Å². The van der Waals surface area contributed by atoms with Crippen molar-refractivity contribution in [3.8, 4) is 5.75 Å². The van der Waals surface area contributed by atoms with E-state index < -0.39 is 17.6 Å². The standard InChI is InChI=1S/C17H13Cl2NO4/c1-24-15-5-3-2-4-10(15)8-14(17(22)23)20-16(21)12-7-6-11(18)9-13(12)19/h2-9H,1H3,(H,20,21)(H,22,23)/p-1/b14-8-. The molecule has 124 valence electrons. The Labute approximate surface area is 148 Å². The second-order valence-electron chi connectivity index (χ2n) is 4.67. The second kappa shape index (κ2) is 7.86. The predicted octanol–water partition coefficient (Wildman–Crippen LogP) is 2.52. The molecule has 0 radical (unpaired) electrons. The predicted molar refractivity (Wildman–Crippen MR) is 89.9 cm³/mol. The van der Waals surface area contributed by atoms with Gasteiger partial charge in [0.25, 0.3) is 5.91 Å². The third-order valence-corrected chi connectivity index (χ3v) is 3.63. The molecule has 2 aromatic rings. The van der Waals surface area contributed by atoms with Crippen molar-refractivity contribution in [3.63, 3.8) is 0 Å². The van der Waals surface area contributed by atoms with E-state index in [1.807, 2.05) is 0 Å². The molecule has 1 amide bonds. The lowest BCUT2D eigenvalue weighted by molar-refractivity contribution is -0.299. The van der Waals surface area contributed by atoms with E-state index in [2.05, 4.69) is 5.32 Å². The number of amides is 1. The topological polar surface area (TPSA) is 78.5 Å². The lowest BCUT2D eigenvalue weighted by Gasteiger charge is -2.13. The molecule has 0 aromatic heterocycles. The SMILES string of the molecule is COc1ccccc1/C=C(\NC(=O)c1ccc(Cl)cc1Cl)C(=O)[O-]. The zero-order valence-electron chi connectivity index (χ0n) is 12.5. The maximum Gasteiger partial charge on any atom is 0.257 e. The number of rotatable bonds is 5. The van der Waals surface area contributed by atoms with Crippen molar-refractivity contribution in [2.75, 3.05) is 7.11 Å². The van der Waals surface area contributed by atoms with Gasteiger partial charge in [0, 0.05) is 10.6 Å². The minimum absolute atomic E-state index is 0.0910. The van der Waals surface area contributed by atoms with Crippen LogP contribution in [0.15, 0.2) is 48.2 Å². The van der Waals surface area contributed by atoms with Gasteiger partial charge in [-0.2, -0.15) is 0 Å². The number of hydrogen-bond acceptors (Lipinski definition) is 4. The third-order valence-electron chi connectivity index (χ3n) is 3.08. The normalized spacial score (nSPS) is 11.0. The first kappa shape index (κ1) is 17.8. The summed E-state index contributed by atoms with van der Waals surface area (Å²) in [4.78, 5) is 23.6. The van der Waals surface area contributed by atoms with Crippen LogP contribution in [0.5, 0.6) is 5.75 Å². The summed E-state index contributed by atoms with van der Waals surface area (Å²) >= 11 is 11.7. The van der Waals surface area contributed by atoms with Crippen LogP contribution >= 0.6 is 23.2 Å². The Balaban J connectivity index is 2.33. The van der Waals surface area contributed by atoms with Crippen LogP contribution in [-0.2, 0) is 4.79 Å². The van der Waals surface area contributed by atoms with Crippen LogP contribution in [-0.4, -0.2) is 19.0 Å². The van der Waals surface area contributed by atoms with Crippen LogP contribution < -0.4 is 15.2 Å². The molecule has 0 aliphatic rings. The number of aliphatic carboxylic acids is 1. The number of ether oxygens (including phenoxy) is 1. The zero-order valence-corrected chi connectivity index (χ0v) is 14.0. The fourth-order valence-electron chi connectivity index (χ4n) is 1.95. The Hall–Kier alpha value is -2.50. The summed E-state index contributed by atoms with van der Waals surface area (Å²) in [7, 11) is 1.46. The molecule has 0 aliphatic heterocycles. The first-order valence-electron chi connectivity index (χ1n) is 6.75. The number of para-hydroxylation sites is 1. The quantitative estimate of drug-likeness (QED) is 0.826. The van der Waals surface area contributed by atoms with Crippen LogP contribution in [0, 0.1) is 0 Å². The van der Waals surface area contributed by atoms with E-state index in [9.17, 15) is 14.7 Å². The molecule has 0 saturated carbocycles. The summed E-state index contributed by atoms with van der Waals surface area (Å²) in [6.45, 7) is 0. The molecule has 0 saturated heterocycles. The van der Waals surface area contributed by atoms with Crippen molar-refractivity contribution < 1.29 is 19.4 Å². The highest BCUT2D eigenvalue weighted by atomic mass is 35.5. The van der Waals surface area contributed by atoms with Gasteiger partial charge in [-0.15, -0.1) is 0 Å². The van der Waals surface area contributed by atoms with Crippen LogP contribution in [0.4, 0.5) is 0 Å². The molecule has 2 aromatic carbocycles. The van der Waals surface area contributed by atoms with Gasteiger partial charge < -0.3 is 20.0 Å². The van der Waals surface area contributed by atoms with Gasteiger partial charge in [-0.25, -0.2) is 0 Å². The highest BCUT2D eigenvalue weighted by Gasteiger charge is 2.13. The molecule has 24 heavy (non-hydrogen) atoms. The summed E-state index contributed by atoms with van der Waals surface area (Å²) in [5.74, 6) is -1.78. The number of carbonyl (C=O) groups excluding carboxylic acids is 2. The molecule has 7 heteroatoms. The number of carboxylic acids is 1. The average Bonchev–Trinajstić information content (AvgIpc) is 2.54. The molecular formula is C17H12Cl2NO4-. The highest BCUT2D eigenvalue weighted by molar-refractivity contribution is 6.36. The summed E-state index contributed by atoms with van der Waals surface area (Å²) in [5, 5.41) is 14.1. The maximum absolute atomic E-state index is 12.2. The van der Waals surface area contributed by atoms with Gasteiger partial charge in [-0.1, -0.05) is 41.4 Å². The van der Waals surface area contributed by atoms with Crippen LogP contribution in [0.25, 0.3) is 6.08 Å². The summed E-state index contributed by atoms with van der Waals surface area (Å²) in [5.41, 5.74) is 0.144. The Morgan fingerprint density at radius 3 is 2.50 bits per heavy atom. The molecule has 0 aliphatic carbocycles. The number of carbonyl (C=O) groups is 2. The molecule has 0 atom stereocenters. The number of benzene rings is 2. The van der Waals surface area contributed by atoms with Gasteiger partial charge in [0.1, 0.15) is 5.75 Å². The van der Waals surface area contributed by atoms with Crippen molar-refractivity contribution >= 4 is 41.2 Å². The molecule has 0 spiro atoms. The summed E-state index contributed by atoms with van der Waals surface area (Å²) in [6, 6.07) is 11.0. The first-order chi connectivity index (χ1) is 11.4. The first-order valence-corrected chi connectivity index (χ1v) is 7.50. The molecule has 0 fully saturated rings. The monoisotopic (exact) mass is 364 g/mol. The van der Waals surface area contributed by atoms with E-state index in [-0.39, 0.29) is 10.6 Å². The number of halogens is 2. The third kappa shape index (κ3) is 4.28. The Morgan fingerprint density at radius 2 is 1.88 bits per heavy atom. The van der Waals surface area contributed by atoms with Gasteiger partial charge in [0.15, 0.2) is 0 Å². The smallest absolute Gasteiger partial charge is 0.257 e. The number of hydrogen-bond donors (Lipinski definition) is 1. The van der Waals surface area contributed by atoms with E-state index in [4.69, 9.17) is 27.9 Å². The number of nitrogens with one attached hydrogen (secondary N) is 1. The molecule has 2 rings (SSSR count). The second-order valence-corrected chi connectivity index (χ2v) is 5.51. The van der Waals surface area contributed by atoms with Gasteiger partial charge in [-0.3, -0.25) is 4.79 Å². The Kier molecular flexibility index (Phi) is 5.84. The van der Waals surface area contributed by atoms with E-state index in [1.165, 1.54) is 31.4 Å². The molecule has 0 unspecified atom stereocenters. The Bertz CT molecular complexity index is 818. The number of carboxylic acid groups (broad SMARTS) is 1. The van der Waals surface area contributed by atoms with Crippen molar-refractivity contribution in [1.29, 1.82) is 0 Å². The van der Waals surface area contributed by atoms with Crippen molar-refractivity contribution in [1.82, 2.24) is 5.32 Å². The largest absolute Gasteiger partial charge is 0.543 e. The van der Waals surface area contributed by atoms with Crippen molar-refractivity contribution in [2.45, 2.75) is 0 Å². The van der Waals surface area contributed by atoms with Crippen molar-refractivity contribution in [2.24, 2.45) is 0 Å². The van der Waals surface area contributed by atoms with Gasteiger partial charge >= 0.3 is 0 Å². The van der Waals surface area contributed by atoms with E-state index in [0.29, 0.717) is 16.3 Å². The van der Waals surface area contributed by atoms with E-state index in [0.717, 1.165) is 0 Å². The van der Waals surface area contributed by atoms with Crippen LogP contribution in [0.2, 0.25) is 10.0 Å². The number of methoxy groups -OCH3 is 1. The molecular weight excluding hydrogens is 353 g/mol. The lowest BCUT2D eigenvalue weighted by Crippen LogP contribution is -2.35. The fourth-order valence-corrected chi connectivity index (χ4v) is 2.44. The maximum atomic E-state index is 12.2. The molecule has 0 heterocycles. The van der Waals surface area contributed by atoms with E-state index >= 15 is 0 Å². The minimum Gasteiger partial charge on any atom is -0.543 e. The van der Waals surface area contributed by atoms with Gasteiger partial charge in [0.05, 0.1) is 29.4 Å². The molecule has 5 nitrogen and oxygen atoms in total. The van der Waals surface area contributed by atoms with E-state index in [1.54, 1.807) is 24.3 Å². The highest BCUT2D eigenvalue weighted by Crippen LogP contribution is 2.22. The molecule has 1 N–H and O–H groups in total. The lowest BCUT2D eigenvalue weighted by atomic mass is 10.1. The zero-order chi connectivity index (χ0) is 17.7. The van der Waals surface area contributed by atoms with Crippen LogP contribution in [0.3, 0.4) is 0 Å². The van der Waals surface area contributed by atoms with Crippen LogP contribution in [0.1, 0.15) is 15.9 Å². The van der Waals surface area contributed by atoms with Gasteiger partial charge in [-0.05, 0) is 30.3 Å². The minimum atomic E-state index is -1.54. The fraction of sp³-hybridized carbons (Fsp3) is 0.0588. The average molecular weight is 365 g/mol. The Morgan fingerprint density at radius 1 is 1.17 bits per heavy atom. The van der Waals surface area contributed by atoms with Crippen molar-refractivity contribution in [3.05, 3.63) is 69.3 Å².